The van der Waals surface area contributed by atoms with Gasteiger partial charge >= 0.3 is 0 Å². The van der Waals surface area contributed by atoms with Crippen LogP contribution in [0.3, 0.4) is 0 Å². The normalized spacial score (nSPS) is 15.2. The van der Waals surface area contributed by atoms with Gasteiger partial charge in [-0.25, -0.2) is 0 Å². The highest BCUT2D eigenvalue weighted by Crippen LogP contribution is 2.33. The van der Waals surface area contributed by atoms with Crippen LogP contribution in [-0.2, 0) is 0 Å². The molecule has 0 saturated heterocycles. The number of fused-ring (bicyclic) bond motifs is 1. The van der Waals surface area contributed by atoms with Crippen molar-refractivity contribution >= 4 is 21.4 Å². The van der Waals surface area contributed by atoms with Gasteiger partial charge in [0, 0.05) is 10.7 Å². The van der Waals surface area contributed by atoms with Gasteiger partial charge in [-0.2, -0.15) is 0 Å². The van der Waals surface area contributed by atoms with E-state index in [0.29, 0.717) is 18.5 Å². The average molecular weight is 234 g/mol. The van der Waals surface area contributed by atoms with Gasteiger partial charge in [0.15, 0.2) is 0 Å². The maximum absolute atomic E-state index is 5.76. The monoisotopic (exact) mass is 234 g/mol. The topological polar surface area (TPSA) is 38.0 Å². The Labute approximate surface area is 100 Å². The Hall–Kier alpha value is -0.900. The SMILES string of the molecule is CNC(c1csc2ccccc12)C(C)CN. The number of hydrogen-bond donors (Lipinski definition) is 2. The molecular weight excluding hydrogens is 216 g/mol. The molecule has 0 radical (unpaired) electrons. The number of nitrogens with one attached hydrogen (secondary N) is 1. The lowest BCUT2D eigenvalue weighted by molar-refractivity contribution is 0.423. The second kappa shape index (κ2) is 4.95. The molecule has 1 aromatic carbocycles. The summed E-state index contributed by atoms with van der Waals surface area (Å²) in [4.78, 5) is 0. The lowest BCUT2D eigenvalue weighted by Crippen LogP contribution is -2.28. The van der Waals surface area contributed by atoms with Crippen molar-refractivity contribution < 1.29 is 0 Å². The van der Waals surface area contributed by atoms with E-state index in [0.717, 1.165) is 0 Å². The molecule has 2 nitrogen and oxygen atoms in total. The fourth-order valence-electron chi connectivity index (χ4n) is 2.12. The molecule has 3 heteroatoms. The minimum atomic E-state index is 0.348. The van der Waals surface area contributed by atoms with E-state index in [4.69, 9.17) is 5.73 Å². The molecule has 0 aliphatic heterocycles. The van der Waals surface area contributed by atoms with Crippen LogP contribution in [0, 0.1) is 5.92 Å². The van der Waals surface area contributed by atoms with Crippen molar-refractivity contribution in [1.82, 2.24) is 5.32 Å². The quantitative estimate of drug-likeness (QED) is 0.853. The van der Waals surface area contributed by atoms with Gasteiger partial charge in [0.05, 0.1) is 0 Å². The molecule has 0 bridgehead atoms. The first-order valence-electron chi connectivity index (χ1n) is 5.61. The van der Waals surface area contributed by atoms with Gasteiger partial charge in [-0.1, -0.05) is 25.1 Å². The van der Waals surface area contributed by atoms with Crippen LogP contribution in [0.1, 0.15) is 18.5 Å². The third kappa shape index (κ3) is 1.98. The predicted molar refractivity (Wildman–Crippen MR) is 71.8 cm³/mol. The van der Waals surface area contributed by atoms with Gasteiger partial charge in [0.1, 0.15) is 0 Å². The summed E-state index contributed by atoms with van der Waals surface area (Å²) >= 11 is 1.80. The molecule has 0 aliphatic rings. The zero-order valence-corrected chi connectivity index (χ0v) is 10.6. The number of thiophene rings is 1. The van der Waals surface area contributed by atoms with Crippen molar-refractivity contribution in [1.29, 1.82) is 0 Å². The molecule has 2 unspecified atom stereocenters. The Balaban J connectivity index is 2.45. The maximum atomic E-state index is 5.76. The summed E-state index contributed by atoms with van der Waals surface area (Å²) in [5.41, 5.74) is 7.14. The second-order valence-corrected chi connectivity index (χ2v) is 5.08. The van der Waals surface area contributed by atoms with Crippen molar-refractivity contribution in [3.05, 3.63) is 35.2 Å². The Bertz CT molecular complexity index is 464. The van der Waals surface area contributed by atoms with Crippen LogP contribution in [0.15, 0.2) is 29.6 Å². The first-order chi connectivity index (χ1) is 7.77. The van der Waals surface area contributed by atoms with Gasteiger partial charge < -0.3 is 11.1 Å². The standard InChI is InChI=1S/C13H18N2S/c1-9(7-14)13(15-2)11-8-16-12-6-4-3-5-10(11)12/h3-6,8-9,13,15H,7,14H2,1-2H3. The van der Waals surface area contributed by atoms with Gasteiger partial charge in [-0.05, 0) is 41.9 Å². The van der Waals surface area contributed by atoms with E-state index < -0.39 is 0 Å². The van der Waals surface area contributed by atoms with Crippen molar-refractivity contribution in [2.75, 3.05) is 13.6 Å². The Morgan fingerprint density at radius 2 is 2.12 bits per heavy atom. The van der Waals surface area contributed by atoms with Gasteiger partial charge in [0.2, 0.25) is 0 Å². The summed E-state index contributed by atoms with van der Waals surface area (Å²) in [6, 6.07) is 8.89. The highest BCUT2D eigenvalue weighted by Gasteiger charge is 2.19. The van der Waals surface area contributed by atoms with E-state index in [2.05, 4.69) is 41.9 Å². The summed E-state index contributed by atoms with van der Waals surface area (Å²) < 4.78 is 1.35. The van der Waals surface area contributed by atoms with E-state index in [1.807, 2.05) is 7.05 Å². The molecular formula is C13H18N2S. The van der Waals surface area contributed by atoms with Gasteiger partial charge in [-0.15, -0.1) is 11.3 Å². The van der Waals surface area contributed by atoms with Crippen molar-refractivity contribution in [3.8, 4) is 0 Å². The summed E-state index contributed by atoms with van der Waals surface area (Å²) in [5, 5.41) is 6.98. The smallest absolute Gasteiger partial charge is 0.0370 e. The Morgan fingerprint density at radius 1 is 1.38 bits per heavy atom. The molecule has 0 aliphatic carbocycles. The molecule has 0 saturated carbocycles. The lowest BCUT2D eigenvalue weighted by Gasteiger charge is -2.22. The zero-order valence-electron chi connectivity index (χ0n) is 9.73. The molecule has 0 fully saturated rings. The maximum Gasteiger partial charge on any atom is 0.0370 e. The van der Waals surface area contributed by atoms with Crippen LogP contribution in [0.4, 0.5) is 0 Å². The molecule has 3 N–H and O–H groups in total. The molecule has 0 spiro atoms. The number of rotatable bonds is 4. The van der Waals surface area contributed by atoms with E-state index in [-0.39, 0.29) is 0 Å². The summed E-state index contributed by atoms with van der Waals surface area (Å²) in [5.74, 6) is 0.447. The van der Waals surface area contributed by atoms with Crippen molar-refractivity contribution in [3.63, 3.8) is 0 Å². The van der Waals surface area contributed by atoms with E-state index in [9.17, 15) is 0 Å². The third-order valence-electron chi connectivity index (χ3n) is 3.10. The first-order valence-corrected chi connectivity index (χ1v) is 6.49. The highest BCUT2D eigenvalue weighted by atomic mass is 32.1. The zero-order chi connectivity index (χ0) is 11.5. The van der Waals surface area contributed by atoms with E-state index in [1.54, 1.807) is 11.3 Å². The molecule has 2 atom stereocenters. The minimum absolute atomic E-state index is 0.348. The lowest BCUT2D eigenvalue weighted by atomic mass is 9.94. The summed E-state index contributed by atoms with van der Waals surface area (Å²) in [6.45, 7) is 2.89. The predicted octanol–water partition coefficient (Wildman–Crippen LogP) is 2.76. The fraction of sp³-hybridized carbons (Fsp3) is 0.385. The Morgan fingerprint density at radius 3 is 2.81 bits per heavy atom. The van der Waals surface area contributed by atoms with Crippen LogP contribution in [-0.4, -0.2) is 13.6 Å². The number of hydrogen-bond acceptors (Lipinski definition) is 3. The molecule has 2 aromatic rings. The molecule has 0 amide bonds. The van der Waals surface area contributed by atoms with E-state index in [1.165, 1.54) is 15.6 Å². The molecule has 86 valence electrons. The van der Waals surface area contributed by atoms with Crippen LogP contribution in [0.5, 0.6) is 0 Å². The van der Waals surface area contributed by atoms with Crippen molar-refractivity contribution in [2.45, 2.75) is 13.0 Å². The van der Waals surface area contributed by atoms with Gasteiger partial charge in [-0.3, -0.25) is 0 Å². The fourth-order valence-corrected chi connectivity index (χ4v) is 3.12. The molecule has 2 rings (SSSR count). The van der Waals surface area contributed by atoms with E-state index >= 15 is 0 Å². The van der Waals surface area contributed by atoms with Crippen LogP contribution in [0.25, 0.3) is 10.1 Å². The molecule has 1 heterocycles. The second-order valence-electron chi connectivity index (χ2n) is 4.17. The van der Waals surface area contributed by atoms with Gasteiger partial charge in [0.25, 0.3) is 0 Å². The first kappa shape index (κ1) is 11.6. The van der Waals surface area contributed by atoms with Crippen LogP contribution >= 0.6 is 11.3 Å². The molecule has 16 heavy (non-hydrogen) atoms. The Kier molecular flexibility index (Phi) is 3.59. The molecule has 1 aromatic heterocycles. The average Bonchev–Trinajstić information content (AvgIpc) is 2.74. The number of benzene rings is 1. The largest absolute Gasteiger partial charge is 0.330 e. The summed E-state index contributed by atoms with van der Waals surface area (Å²) in [7, 11) is 2.00. The van der Waals surface area contributed by atoms with Crippen LogP contribution in [0.2, 0.25) is 0 Å². The third-order valence-corrected chi connectivity index (χ3v) is 4.08. The van der Waals surface area contributed by atoms with Crippen LogP contribution < -0.4 is 11.1 Å². The number of nitrogens with two attached hydrogens (primary N) is 1. The highest BCUT2D eigenvalue weighted by molar-refractivity contribution is 7.17. The minimum Gasteiger partial charge on any atom is -0.330 e. The van der Waals surface area contributed by atoms with Crippen molar-refractivity contribution in [2.24, 2.45) is 11.7 Å². The summed E-state index contributed by atoms with van der Waals surface area (Å²) in [6.07, 6.45) is 0.